The van der Waals surface area contributed by atoms with Crippen LogP contribution in [-0.4, -0.2) is 23.3 Å². The number of fused-ring (bicyclic) bond motifs is 1. The van der Waals surface area contributed by atoms with Gasteiger partial charge in [0.05, 0.1) is 6.61 Å². The highest BCUT2D eigenvalue weighted by atomic mass is 16.6. The van der Waals surface area contributed by atoms with Crippen LogP contribution in [0.4, 0.5) is 0 Å². The molecule has 0 unspecified atom stereocenters. The number of hydrogen-bond acceptors (Lipinski definition) is 3. The van der Waals surface area contributed by atoms with Gasteiger partial charge in [0.1, 0.15) is 0 Å². The van der Waals surface area contributed by atoms with Gasteiger partial charge in [-0.3, -0.25) is 14.4 Å². The zero-order chi connectivity index (χ0) is 21.5. The van der Waals surface area contributed by atoms with Gasteiger partial charge in [-0.15, -0.1) is 0 Å². The van der Waals surface area contributed by atoms with Crippen LogP contribution in [0.2, 0.25) is 0 Å². The molecule has 0 saturated heterocycles. The summed E-state index contributed by atoms with van der Waals surface area (Å²) in [6, 6.07) is 24.9. The SMILES string of the molecule is O=C(NOCc1ccccc1)c1ccc(C=CC(=O)N2CCc3ccccc3C2)cc1. The Bertz CT molecular complexity index is 1080. The molecule has 2 amide bonds. The van der Waals surface area contributed by atoms with Gasteiger partial charge < -0.3 is 4.90 Å². The molecule has 3 aromatic rings. The molecule has 0 saturated carbocycles. The van der Waals surface area contributed by atoms with E-state index in [1.807, 2.05) is 47.4 Å². The molecule has 3 aromatic carbocycles. The molecule has 1 heterocycles. The highest BCUT2D eigenvalue weighted by Gasteiger charge is 2.18. The average Bonchev–Trinajstić information content (AvgIpc) is 2.83. The maximum Gasteiger partial charge on any atom is 0.274 e. The quantitative estimate of drug-likeness (QED) is 0.489. The molecule has 1 N–H and O–H groups in total. The summed E-state index contributed by atoms with van der Waals surface area (Å²) in [5, 5.41) is 0. The van der Waals surface area contributed by atoms with Crippen LogP contribution in [0.3, 0.4) is 0 Å². The van der Waals surface area contributed by atoms with Gasteiger partial charge in [0.2, 0.25) is 5.91 Å². The van der Waals surface area contributed by atoms with Gasteiger partial charge in [-0.1, -0.05) is 66.7 Å². The molecule has 1 aliphatic heterocycles. The fourth-order valence-corrected chi connectivity index (χ4v) is 3.52. The lowest BCUT2D eigenvalue weighted by atomic mass is 10.00. The lowest BCUT2D eigenvalue weighted by Crippen LogP contribution is -2.34. The number of nitrogens with zero attached hydrogens (tertiary/aromatic N) is 1. The molecular weight excluding hydrogens is 388 g/mol. The lowest BCUT2D eigenvalue weighted by Gasteiger charge is -2.27. The number of carbonyl (C=O) groups is 2. The Kier molecular flexibility index (Phi) is 6.55. The van der Waals surface area contributed by atoms with Crippen LogP contribution in [0.5, 0.6) is 0 Å². The van der Waals surface area contributed by atoms with Crippen molar-refractivity contribution in [1.82, 2.24) is 10.4 Å². The van der Waals surface area contributed by atoms with Crippen LogP contribution in [-0.2, 0) is 29.2 Å². The Morgan fingerprint density at radius 3 is 2.39 bits per heavy atom. The number of amides is 2. The summed E-state index contributed by atoms with van der Waals surface area (Å²) in [4.78, 5) is 31.9. The molecule has 156 valence electrons. The molecule has 5 nitrogen and oxygen atoms in total. The van der Waals surface area contributed by atoms with Crippen LogP contribution < -0.4 is 5.48 Å². The van der Waals surface area contributed by atoms with Gasteiger partial charge in [-0.25, -0.2) is 5.48 Å². The Balaban J connectivity index is 1.28. The van der Waals surface area contributed by atoms with Crippen molar-refractivity contribution < 1.29 is 14.4 Å². The minimum Gasteiger partial charge on any atom is -0.334 e. The highest BCUT2D eigenvalue weighted by molar-refractivity contribution is 5.94. The van der Waals surface area contributed by atoms with Gasteiger partial charge in [0.15, 0.2) is 0 Å². The van der Waals surface area contributed by atoms with Crippen molar-refractivity contribution in [2.24, 2.45) is 0 Å². The predicted octanol–water partition coefficient (Wildman–Crippen LogP) is 4.15. The lowest BCUT2D eigenvalue weighted by molar-refractivity contribution is -0.126. The molecule has 0 aromatic heterocycles. The third-order valence-corrected chi connectivity index (χ3v) is 5.28. The molecule has 0 fully saturated rings. The van der Waals surface area contributed by atoms with Crippen LogP contribution in [0.15, 0.2) is 84.9 Å². The number of nitrogens with one attached hydrogen (secondary N) is 1. The van der Waals surface area contributed by atoms with Crippen molar-refractivity contribution in [1.29, 1.82) is 0 Å². The molecule has 0 bridgehead atoms. The number of rotatable bonds is 6. The summed E-state index contributed by atoms with van der Waals surface area (Å²) in [5.74, 6) is -0.319. The van der Waals surface area contributed by atoms with E-state index in [4.69, 9.17) is 4.84 Å². The standard InChI is InChI=1S/C26H24N2O3/c29-25(28-17-16-22-8-4-5-9-24(22)18-28)15-12-20-10-13-23(14-11-20)26(30)27-31-19-21-6-2-1-3-7-21/h1-15H,16-19H2,(H,27,30). The van der Waals surface area contributed by atoms with Crippen molar-refractivity contribution in [2.75, 3.05) is 6.54 Å². The Hall–Kier alpha value is -3.70. The van der Waals surface area contributed by atoms with E-state index in [1.54, 1.807) is 36.4 Å². The first kappa shape index (κ1) is 20.6. The summed E-state index contributed by atoms with van der Waals surface area (Å²) in [5.41, 5.74) is 7.30. The van der Waals surface area contributed by atoms with Crippen LogP contribution in [0, 0.1) is 0 Å². The van der Waals surface area contributed by atoms with E-state index in [0.717, 1.165) is 24.1 Å². The number of benzene rings is 3. The molecule has 1 aliphatic rings. The smallest absolute Gasteiger partial charge is 0.274 e. The van der Waals surface area contributed by atoms with Gasteiger partial charge in [-0.05, 0) is 46.9 Å². The predicted molar refractivity (Wildman–Crippen MR) is 120 cm³/mol. The average molecular weight is 412 g/mol. The minimum absolute atomic E-state index is 0.00867. The monoisotopic (exact) mass is 412 g/mol. The van der Waals surface area contributed by atoms with E-state index in [2.05, 4.69) is 17.6 Å². The summed E-state index contributed by atoms with van der Waals surface area (Å²) in [7, 11) is 0. The molecule has 0 aliphatic carbocycles. The van der Waals surface area contributed by atoms with Gasteiger partial charge >= 0.3 is 0 Å². The van der Waals surface area contributed by atoms with E-state index in [-0.39, 0.29) is 11.8 Å². The van der Waals surface area contributed by atoms with E-state index in [0.29, 0.717) is 18.7 Å². The first-order valence-electron chi connectivity index (χ1n) is 10.3. The summed E-state index contributed by atoms with van der Waals surface area (Å²) >= 11 is 0. The third kappa shape index (κ3) is 5.47. The van der Waals surface area contributed by atoms with E-state index >= 15 is 0 Å². The van der Waals surface area contributed by atoms with E-state index in [9.17, 15) is 9.59 Å². The summed E-state index contributed by atoms with van der Waals surface area (Å²) in [6.45, 7) is 1.67. The molecule has 31 heavy (non-hydrogen) atoms. The fraction of sp³-hybridized carbons (Fsp3) is 0.154. The molecule has 5 heteroatoms. The van der Waals surface area contributed by atoms with Crippen molar-refractivity contribution in [3.05, 3.63) is 113 Å². The Labute approximate surface area is 181 Å². The molecular formula is C26H24N2O3. The maximum atomic E-state index is 12.6. The first-order chi connectivity index (χ1) is 15.2. The molecule has 0 radical (unpaired) electrons. The molecule has 4 rings (SSSR count). The largest absolute Gasteiger partial charge is 0.334 e. The van der Waals surface area contributed by atoms with Crippen molar-refractivity contribution in [3.63, 3.8) is 0 Å². The Morgan fingerprint density at radius 1 is 0.903 bits per heavy atom. The highest BCUT2D eigenvalue weighted by Crippen LogP contribution is 2.19. The number of carbonyl (C=O) groups excluding carboxylic acids is 2. The maximum absolute atomic E-state index is 12.6. The van der Waals surface area contributed by atoms with Crippen LogP contribution in [0.25, 0.3) is 6.08 Å². The van der Waals surface area contributed by atoms with Crippen LogP contribution >= 0.6 is 0 Å². The molecule has 0 atom stereocenters. The second-order valence-electron chi connectivity index (χ2n) is 7.44. The normalized spacial score (nSPS) is 13.1. The Morgan fingerprint density at radius 2 is 1.61 bits per heavy atom. The minimum atomic E-state index is -0.311. The van der Waals surface area contributed by atoms with Crippen LogP contribution in [0.1, 0.15) is 32.6 Å². The topological polar surface area (TPSA) is 58.6 Å². The molecule has 0 spiro atoms. The zero-order valence-electron chi connectivity index (χ0n) is 17.2. The van der Waals surface area contributed by atoms with E-state index < -0.39 is 0 Å². The fourth-order valence-electron chi connectivity index (χ4n) is 3.52. The van der Waals surface area contributed by atoms with Crippen molar-refractivity contribution >= 4 is 17.9 Å². The number of hydroxylamine groups is 1. The van der Waals surface area contributed by atoms with Gasteiger partial charge in [-0.2, -0.15) is 0 Å². The van der Waals surface area contributed by atoms with Crippen molar-refractivity contribution in [3.8, 4) is 0 Å². The summed E-state index contributed by atoms with van der Waals surface area (Å²) < 4.78 is 0. The second kappa shape index (κ2) is 9.87. The summed E-state index contributed by atoms with van der Waals surface area (Å²) in [6.07, 6.45) is 4.24. The first-order valence-corrected chi connectivity index (χ1v) is 10.3. The third-order valence-electron chi connectivity index (χ3n) is 5.28. The number of hydrogen-bond donors (Lipinski definition) is 1. The van der Waals surface area contributed by atoms with Crippen molar-refractivity contribution in [2.45, 2.75) is 19.6 Å². The zero-order valence-corrected chi connectivity index (χ0v) is 17.2. The van der Waals surface area contributed by atoms with Gasteiger partial charge in [0, 0.05) is 24.7 Å². The second-order valence-corrected chi connectivity index (χ2v) is 7.44. The van der Waals surface area contributed by atoms with Gasteiger partial charge in [0.25, 0.3) is 5.91 Å². The van der Waals surface area contributed by atoms with E-state index in [1.165, 1.54) is 11.1 Å².